The number of esters is 1. The fourth-order valence-electron chi connectivity index (χ4n) is 2.35. The van der Waals surface area contributed by atoms with Crippen molar-refractivity contribution in [3.8, 4) is 5.75 Å². The Bertz CT molecular complexity index is 743. The number of carbonyl (C=O) groups is 2. The fourth-order valence-corrected chi connectivity index (χ4v) is 2.35. The van der Waals surface area contributed by atoms with Crippen LogP contribution in [0.1, 0.15) is 18.1 Å². The Labute approximate surface area is 148 Å². The van der Waals surface area contributed by atoms with Crippen LogP contribution in [0, 0.1) is 13.8 Å². The highest BCUT2D eigenvalue weighted by Crippen LogP contribution is 2.20. The molecule has 2 aromatic rings. The van der Waals surface area contributed by atoms with Gasteiger partial charge >= 0.3 is 5.97 Å². The second-order valence-corrected chi connectivity index (χ2v) is 5.85. The number of anilines is 1. The van der Waals surface area contributed by atoms with E-state index in [4.69, 9.17) is 9.47 Å². The molecule has 0 aliphatic rings. The Balaban J connectivity index is 1.89. The zero-order chi connectivity index (χ0) is 18.4. The molecule has 0 bridgehead atoms. The number of nitrogens with zero attached hydrogens (tertiary/aromatic N) is 1. The molecule has 0 saturated carbocycles. The van der Waals surface area contributed by atoms with Gasteiger partial charge in [-0.05, 0) is 50.1 Å². The lowest BCUT2D eigenvalue weighted by atomic mass is 10.1. The summed E-state index contributed by atoms with van der Waals surface area (Å²) in [6.45, 7) is 5.21. The van der Waals surface area contributed by atoms with Crippen LogP contribution in [0.15, 0.2) is 48.5 Å². The Morgan fingerprint density at radius 1 is 1.04 bits per heavy atom. The van der Waals surface area contributed by atoms with E-state index in [0.29, 0.717) is 5.75 Å². The second kappa shape index (κ2) is 8.33. The van der Waals surface area contributed by atoms with Crippen molar-refractivity contribution in [2.75, 3.05) is 18.6 Å². The highest BCUT2D eigenvalue weighted by molar-refractivity contribution is 5.96. The zero-order valence-corrected chi connectivity index (χ0v) is 15.0. The predicted molar refractivity (Wildman–Crippen MR) is 96.8 cm³/mol. The number of ether oxygens (including phenoxy) is 2. The third-order valence-corrected chi connectivity index (χ3v) is 4.03. The summed E-state index contributed by atoms with van der Waals surface area (Å²) < 4.78 is 10.7. The first-order valence-corrected chi connectivity index (χ1v) is 8.11. The first-order valence-electron chi connectivity index (χ1n) is 8.11. The molecule has 2 aromatic carbocycles. The van der Waals surface area contributed by atoms with Crippen LogP contribution in [-0.4, -0.2) is 31.6 Å². The van der Waals surface area contributed by atoms with E-state index in [1.54, 1.807) is 20.0 Å². The maximum Gasteiger partial charge on any atom is 0.344 e. The molecule has 0 N–H and O–H groups in total. The summed E-state index contributed by atoms with van der Waals surface area (Å²) in [6, 6.07) is 14.8. The summed E-state index contributed by atoms with van der Waals surface area (Å²) in [4.78, 5) is 25.8. The average Bonchev–Trinajstić information content (AvgIpc) is 2.62. The Hall–Kier alpha value is -2.82. The number of hydrogen-bond donors (Lipinski definition) is 0. The standard InChI is InChI=1S/C20H23NO4/c1-14-9-8-12-18(15(14)2)24-13-19(22)25-16(3)20(23)21(4)17-10-6-5-7-11-17/h5-12,16H,13H2,1-4H3/t16-/m0/s1. The van der Waals surface area contributed by atoms with Crippen molar-refractivity contribution in [3.63, 3.8) is 0 Å². The molecule has 0 aliphatic carbocycles. The highest BCUT2D eigenvalue weighted by Gasteiger charge is 2.22. The molecule has 0 aliphatic heterocycles. The molecule has 25 heavy (non-hydrogen) atoms. The Kier molecular flexibility index (Phi) is 6.17. The maximum atomic E-state index is 12.4. The monoisotopic (exact) mass is 341 g/mol. The Morgan fingerprint density at radius 3 is 2.40 bits per heavy atom. The minimum absolute atomic E-state index is 0.239. The molecule has 5 nitrogen and oxygen atoms in total. The van der Waals surface area contributed by atoms with Crippen molar-refractivity contribution in [2.45, 2.75) is 26.9 Å². The number of para-hydroxylation sites is 1. The van der Waals surface area contributed by atoms with Crippen molar-refractivity contribution < 1.29 is 19.1 Å². The second-order valence-electron chi connectivity index (χ2n) is 5.85. The van der Waals surface area contributed by atoms with Gasteiger partial charge in [0.15, 0.2) is 12.7 Å². The van der Waals surface area contributed by atoms with Crippen LogP contribution in [0.25, 0.3) is 0 Å². The van der Waals surface area contributed by atoms with E-state index in [-0.39, 0.29) is 12.5 Å². The van der Waals surface area contributed by atoms with E-state index >= 15 is 0 Å². The molecule has 0 heterocycles. The van der Waals surface area contributed by atoms with Gasteiger partial charge in [0.25, 0.3) is 5.91 Å². The topological polar surface area (TPSA) is 55.8 Å². The van der Waals surface area contributed by atoms with Crippen LogP contribution >= 0.6 is 0 Å². The summed E-state index contributed by atoms with van der Waals surface area (Å²) in [6.07, 6.45) is -0.889. The van der Waals surface area contributed by atoms with Gasteiger partial charge in [0.1, 0.15) is 5.75 Å². The molecule has 0 aromatic heterocycles. The normalized spacial score (nSPS) is 11.5. The minimum atomic E-state index is -0.889. The van der Waals surface area contributed by atoms with Crippen LogP contribution in [0.5, 0.6) is 5.75 Å². The van der Waals surface area contributed by atoms with Crippen molar-refractivity contribution in [1.82, 2.24) is 0 Å². The number of benzene rings is 2. The lowest BCUT2D eigenvalue weighted by Crippen LogP contribution is -2.38. The van der Waals surface area contributed by atoms with Crippen LogP contribution in [-0.2, 0) is 14.3 Å². The maximum absolute atomic E-state index is 12.4. The molecule has 0 radical (unpaired) electrons. The van der Waals surface area contributed by atoms with E-state index in [1.165, 1.54) is 4.90 Å². The minimum Gasteiger partial charge on any atom is -0.482 e. The molecule has 132 valence electrons. The lowest BCUT2D eigenvalue weighted by molar-refractivity contribution is -0.155. The van der Waals surface area contributed by atoms with Crippen molar-refractivity contribution in [2.24, 2.45) is 0 Å². The summed E-state index contributed by atoms with van der Waals surface area (Å²) in [7, 11) is 1.65. The summed E-state index contributed by atoms with van der Waals surface area (Å²) in [5.74, 6) is -0.244. The number of rotatable bonds is 6. The molecule has 0 saturated heterocycles. The van der Waals surface area contributed by atoms with Crippen LogP contribution in [0.4, 0.5) is 5.69 Å². The van der Waals surface area contributed by atoms with Gasteiger partial charge in [0.2, 0.25) is 0 Å². The number of amides is 1. The Morgan fingerprint density at radius 2 is 1.72 bits per heavy atom. The molecule has 1 atom stereocenters. The number of likely N-dealkylation sites (N-methyl/N-ethyl adjacent to an activating group) is 1. The van der Waals surface area contributed by atoms with Gasteiger partial charge in [-0.3, -0.25) is 4.79 Å². The van der Waals surface area contributed by atoms with E-state index in [1.807, 2.05) is 56.3 Å². The molecule has 2 rings (SSSR count). The van der Waals surface area contributed by atoms with E-state index < -0.39 is 12.1 Å². The van der Waals surface area contributed by atoms with Gasteiger partial charge < -0.3 is 14.4 Å². The summed E-state index contributed by atoms with van der Waals surface area (Å²) in [5, 5.41) is 0. The average molecular weight is 341 g/mol. The first-order chi connectivity index (χ1) is 11.9. The van der Waals surface area contributed by atoms with Gasteiger partial charge in [-0.25, -0.2) is 4.79 Å². The lowest BCUT2D eigenvalue weighted by Gasteiger charge is -2.21. The molecule has 1 amide bonds. The molecule has 0 unspecified atom stereocenters. The SMILES string of the molecule is Cc1cccc(OCC(=O)O[C@@H](C)C(=O)N(C)c2ccccc2)c1C. The largest absolute Gasteiger partial charge is 0.482 e. The molecular weight excluding hydrogens is 318 g/mol. The van der Waals surface area contributed by atoms with Gasteiger partial charge in [-0.2, -0.15) is 0 Å². The van der Waals surface area contributed by atoms with Crippen molar-refractivity contribution in [1.29, 1.82) is 0 Å². The number of carbonyl (C=O) groups excluding carboxylic acids is 2. The molecule has 5 heteroatoms. The van der Waals surface area contributed by atoms with Crippen LogP contribution in [0.2, 0.25) is 0 Å². The van der Waals surface area contributed by atoms with Gasteiger partial charge in [0.05, 0.1) is 0 Å². The number of hydrogen-bond acceptors (Lipinski definition) is 4. The summed E-state index contributed by atoms with van der Waals surface area (Å²) in [5.41, 5.74) is 2.80. The van der Waals surface area contributed by atoms with Crippen molar-refractivity contribution >= 4 is 17.6 Å². The number of aryl methyl sites for hydroxylation is 1. The van der Waals surface area contributed by atoms with Crippen LogP contribution < -0.4 is 9.64 Å². The van der Waals surface area contributed by atoms with Gasteiger partial charge in [-0.1, -0.05) is 30.3 Å². The van der Waals surface area contributed by atoms with E-state index in [9.17, 15) is 9.59 Å². The zero-order valence-electron chi connectivity index (χ0n) is 15.0. The van der Waals surface area contributed by atoms with Crippen molar-refractivity contribution in [3.05, 3.63) is 59.7 Å². The first kappa shape index (κ1) is 18.5. The molecule has 0 fully saturated rings. The highest BCUT2D eigenvalue weighted by atomic mass is 16.6. The predicted octanol–water partition coefficient (Wildman–Crippen LogP) is 3.28. The quantitative estimate of drug-likeness (QED) is 0.757. The van der Waals surface area contributed by atoms with E-state index in [2.05, 4.69) is 0 Å². The van der Waals surface area contributed by atoms with E-state index in [0.717, 1.165) is 16.8 Å². The molecular formula is C20H23NO4. The van der Waals surface area contributed by atoms with Gasteiger partial charge in [0, 0.05) is 12.7 Å². The molecule has 0 spiro atoms. The fraction of sp³-hybridized carbons (Fsp3) is 0.300. The third kappa shape index (κ3) is 4.83. The van der Waals surface area contributed by atoms with Crippen LogP contribution in [0.3, 0.4) is 0 Å². The third-order valence-electron chi connectivity index (χ3n) is 4.03. The van der Waals surface area contributed by atoms with Gasteiger partial charge in [-0.15, -0.1) is 0 Å². The summed E-state index contributed by atoms with van der Waals surface area (Å²) >= 11 is 0. The smallest absolute Gasteiger partial charge is 0.344 e.